The topological polar surface area (TPSA) is 37.4 Å². The number of allylic oxidation sites excluding steroid dienone is 2. The summed E-state index contributed by atoms with van der Waals surface area (Å²) >= 11 is 0. The molecule has 1 unspecified atom stereocenters. The first-order chi connectivity index (χ1) is 13.7. The summed E-state index contributed by atoms with van der Waals surface area (Å²) in [5.74, 6) is 0.102. The molecule has 0 saturated heterocycles. The van der Waals surface area contributed by atoms with Gasteiger partial charge in [0.1, 0.15) is 0 Å². The molecule has 3 aromatic rings. The zero-order valence-corrected chi connectivity index (χ0v) is 15.6. The number of Topliss-reactive ketones (excluding diaryl/α,β-unsaturated/α-hetero) is 1. The highest BCUT2D eigenvalue weighted by Gasteiger charge is 2.39. The van der Waals surface area contributed by atoms with E-state index >= 15 is 0 Å². The predicted molar refractivity (Wildman–Crippen MR) is 111 cm³/mol. The Bertz CT molecular complexity index is 1110. The normalized spacial score (nSPS) is 19.9. The predicted octanol–water partition coefficient (Wildman–Crippen LogP) is 5.37. The number of amides is 1. The lowest BCUT2D eigenvalue weighted by atomic mass is 9.77. The maximum absolute atomic E-state index is 13.2. The van der Waals surface area contributed by atoms with Gasteiger partial charge in [-0.1, -0.05) is 60.7 Å². The molecule has 0 bridgehead atoms. The molecule has 0 aromatic heterocycles. The summed E-state index contributed by atoms with van der Waals surface area (Å²) in [4.78, 5) is 27.9. The first-order valence-electron chi connectivity index (χ1n) is 9.85. The van der Waals surface area contributed by atoms with E-state index in [0.29, 0.717) is 12.8 Å². The van der Waals surface area contributed by atoms with Gasteiger partial charge in [0.05, 0.1) is 0 Å². The number of fused-ring (bicyclic) bond motifs is 1. The molecular weight excluding hydrogens is 346 g/mol. The standard InChI is InChI=1S/C25H21NO2/c27-23-12-6-11-22-25(23)21(16-24(28)26(22)20-9-2-1-3-10-20)19-14-13-17-7-4-5-8-18(17)15-19/h1-5,7-10,13-15,21H,6,11-12,16H2. The highest BCUT2D eigenvalue weighted by atomic mass is 16.2. The summed E-state index contributed by atoms with van der Waals surface area (Å²) in [6.45, 7) is 0. The Morgan fingerprint density at radius 1 is 0.786 bits per heavy atom. The first kappa shape index (κ1) is 16.9. The van der Waals surface area contributed by atoms with Crippen molar-refractivity contribution in [1.82, 2.24) is 0 Å². The van der Waals surface area contributed by atoms with E-state index < -0.39 is 0 Å². The smallest absolute Gasteiger partial charge is 0.232 e. The molecule has 1 aliphatic carbocycles. The molecule has 0 N–H and O–H groups in total. The highest BCUT2D eigenvalue weighted by molar-refractivity contribution is 6.07. The van der Waals surface area contributed by atoms with Gasteiger partial charge in [-0.3, -0.25) is 14.5 Å². The number of carbonyl (C=O) groups is 2. The van der Waals surface area contributed by atoms with Gasteiger partial charge in [0.15, 0.2) is 5.78 Å². The van der Waals surface area contributed by atoms with Crippen LogP contribution in [0.3, 0.4) is 0 Å². The van der Waals surface area contributed by atoms with Crippen molar-refractivity contribution < 1.29 is 9.59 Å². The van der Waals surface area contributed by atoms with Crippen LogP contribution in [-0.4, -0.2) is 11.7 Å². The van der Waals surface area contributed by atoms with Crippen molar-refractivity contribution >= 4 is 28.2 Å². The van der Waals surface area contributed by atoms with Crippen LogP contribution < -0.4 is 4.90 Å². The van der Waals surface area contributed by atoms with Gasteiger partial charge in [-0.25, -0.2) is 0 Å². The molecule has 3 heteroatoms. The van der Waals surface area contributed by atoms with Crippen LogP contribution >= 0.6 is 0 Å². The van der Waals surface area contributed by atoms with Gasteiger partial charge in [-0.2, -0.15) is 0 Å². The van der Waals surface area contributed by atoms with Crippen molar-refractivity contribution in [3.8, 4) is 0 Å². The van der Waals surface area contributed by atoms with Gasteiger partial charge in [0, 0.05) is 35.7 Å². The number of carbonyl (C=O) groups excluding carboxylic acids is 2. The summed E-state index contributed by atoms with van der Waals surface area (Å²) in [6.07, 6.45) is 2.47. The molecule has 28 heavy (non-hydrogen) atoms. The number of benzene rings is 3. The summed E-state index contributed by atoms with van der Waals surface area (Å²) in [5.41, 5.74) is 3.65. The molecular formula is C25H21NO2. The summed E-state index contributed by atoms with van der Waals surface area (Å²) in [7, 11) is 0. The largest absolute Gasteiger partial charge is 0.294 e. The average Bonchev–Trinajstić information content (AvgIpc) is 2.73. The Kier molecular flexibility index (Phi) is 4.09. The third-order valence-corrected chi connectivity index (χ3v) is 5.87. The third kappa shape index (κ3) is 2.75. The van der Waals surface area contributed by atoms with E-state index in [-0.39, 0.29) is 17.6 Å². The number of rotatable bonds is 2. The third-order valence-electron chi connectivity index (χ3n) is 5.87. The monoisotopic (exact) mass is 367 g/mol. The Morgan fingerprint density at radius 3 is 2.36 bits per heavy atom. The maximum atomic E-state index is 13.2. The number of nitrogens with zero attached hydrogens (tertiary/aromatic N) is 1. The van der Waals surface area contributed by atoms with Crippen molar-refractivity contribution in [1.29, 1.82) is 0 Å². The summed E-state index contributed by atoms with van der Waals surface area (Å²) < 4.78 is 0. The molecule has 138 valence electrons. The van der Waals surface area contributed by atoms with E-state index in [1.54, 1.807) is 4.90 Å². The second-order valence-corrected chi connectivity index (χ2v) is 7.57. The van der Waals surface area contributed by atoms with Crippen LogP contribution in [-0.2, 0) is 9.59 Å². The van der Waals surface area contributed by atoms with Crippen molar-refractivity contribution in [2.75, 3.05) is 4.90 Å². The molecule has 0 saturated carbocycles. The van der Waals surface area contributed by atoms with Crippen LogP contribution in [0.15, 0.2) is 84.1 Å². The maximum Gasteiger partial charge on any atom is 0.232 e. The second kappa shape index (κ2) is 6.75. The molecule has 3 aromatic carbocycles. The number of anilines is 1. The van der Waals surface area contributed by atoms with Crippen molar-refractivity contribution in [3.05, 3.63) is 89.6 Å². The number of para-hydroxylation sites is 1. The Labute approximate surface area is 164 Å². The number of hydrogen-bond donors (Lipinski definition) is 0. The van der Waals surface area contributed by atoms with Crippen molar-refractivity contribution in [2.24, 2.45) is 0 Å². The summed E-state index contributed by atoms with van der Waals surface area (Å²) in [6, 6.07) is 24.2. The quantitative estimate of drug-likeness (QED) is 0.611. The highest BCUT2D eigenvalue weighted by Crippen LogP contribution is 2.43. The Morgan fingerprint density at radius 2 is 1.54 bits per heavy atom. The molecule has 2 aliphatic rings. The van der Waals surface area contributed by atoms with Gasteiger partial charge < -0.3 is 0 Å². The van der Waals surface area contributed by atoms with E-state index in [1.807, 2.05) is 42.5 Å². The van der Waals surface area contributed by atoms with E-state index in [9.17, 15) is 9.59 Å². The molecule has 1 aliphatic heterocycles. The summed E-state index contributed by atoms with van der Waals surface area (Å²) in [5, 5.41) is 2.31. The average molecular weight is 367 g/mol. The van der Waals surface area contributed by atoms with Crippen LogP contribution in [0.4, 0.5) is 5.69 Å². The van der Waals surface area contributed by atoms with Crippen LogP contribution in [0.25, 0.3) is 10.8 Å². The fourth-order valence-corrected chi connectivity index (χ4v) is 4.58. The number of hydrogen-bond acceptors (Lipinski definition) is 2. The SMILES string of the molecule is O=C1CCCC2=C1C(c1ccc3ccccc3c1)CC(=O)N2c1ccccc1. The van der Waals surface area contributed by atoms with E-state index in [2.05, 4.69) is 30.3 Å². The minimum Gasteiger partial charge on any atom is -0.294 e. The van der Waals surface area contributed by atoms with E-state index in [1.165, 1.54) is 5.39 Å². The number of ketones is 1. The molecule has 1 heterocycles. The van der Waals surface area contributed by atoms with Crippen LogP contribution in [0.2, 0.25) is 0 Å². The lowest BCUT2D eigenvalue weighted by Crippen LogP contribution is -2.40. The molecule has 0 fully saturated rings. The lowest BCUT2D eigenvalue weighted by Gasteiger charge is -2.38. The molecule has 1 amide bonds. The Hall–Kier alpha value is -3.20. The van der Waals surface area contributed by atoms with Crippen molar-refractivity contribution in [3.63, 3.8) is 0 Å². The Balaban J connectivity index is 1.66. The van der Waals surface area contributed by atoms with Gasteiger partial charge in [0.2, 0.25) is 5.91 Å². The van der Waals surface area contributed by atoms with Crippen LogP contribution in [0.1, 0.15) is 37.2 Å². The molecule has 5 rings (SSSR count). The van der Waals surface area contributed by atoms with Gasteiger partial charge in [-0.15, -0.1) is 0 Å². The first-order valence-corrected chi connectivity index (χ1v) is 9.85. The minimum absolute atomic E-state index is 0.0674. The van der Waals surface area contributed by atoms with Crippen LogP contribution in [0.5, 0.6) is 0 Å². The lowest BCUT2D eigenvalue weighted by molar-refractivity contribution is -0.119. The molecule has 0 spiro atoms. The fourth-order valence-electron chi connectivity index (χ4n) is 4.58. The van der Waals surface area contributed by atoms with Gasteiger partial charge >= 0.3 is 0 Å². The van der Waals surface area contributed by atoms with Gasteiger partial charge in [-0.05, 0) is 41.3 Å². The molecule has 0 radical (unpaired) electrons. The minimum atomic E-state index is -0.153. The van der Waals surface area contributed by atoms with Crippen molar-refractivity contribution in [2.45, 2.75) is 31.6 Å². The van der Waals surface area contributed by atoms with Crippen LogP contribution in [0, 0.1) is 0 Å². The fraction of sp³-hybridized carbons (Fsp3) is 0.200. The molecule has 1 atom stereocenters. The zero-order chi connectivity index (χ0) is 19.1. The zero-order valence-electron chi connectivity index (χ0n) is 15.6. The van der Waals surface area contributed by atoms with E-state index in [4.69, 9.17) is 0 Å². The van der Waals surface area contributed by atoms with Gasteiger partial charge in [0.25, 0.3) is 0 Å². The second-order valence-electron chi connectivity index (χ2n) is 7.57. The van der Waals surface area contributed by atoms with E-state index in [0.717, 1.165) is 40.7 Å². The molecule has 3 nitrogen and oxygen atoms in total.